The number of imidazole rings is 1. The Labute approximate surface area is 212 Å². The van der Waals surface area contributed by atoms with Crippen LogP contribution in [0, 0.1) is 6.92 Å². The van der Waals surface area contributed by atoms with Gasteiger partial charge < -0.3 is 25.6 Å². The Morgan fingerprint density at radius 2 is 2.03 bits per heavy atom. The molecule has 13 heteroatoms. The zero-order valence-corrected chi connectivity index (χ0v) is 20.5. The molecule has 4 atom stereocenters. The van der Waals surface area contributed by atoms with Crippen LogP contribution in [-0.4, -0.2) is 78.0 Å². The molecule has 0 spiro atoms. The molecule has 0 bridgehead atoms. The van der Waals surface area contributed by atoms with Crippen LogP contribution in [0.2, 0.25) is 0 Å². The number of nitrogens with one attached hydrogen (secondary N) is 3. The number of pyridine rings is 2. The van der Waals surface area contributed by atoms with E-state index in [-0.39, 0.29) is 0 Å². The molecule has 13 nitrogen and oxygen atoms in total. The van der Waals surface area contributed by atoms with Crippen molar-refractivity contribution in [1.82, 2.24) is 40.1 Å². The highest BCUT2D eigenvalue weighted by Crippen LogP contribution is 2.30. The number of amides is 1. The van der Waals surface area contributed by atoms with Crippen LogP contribution in [0.3, 0.4) is 0 Å². The normalized spacial score (nSPS) is 21.2. The van der Waals surface area contributed by atoms with Crippen molar-refractivity contribution in [2.24, 2.45) is 0 Å². The van der Waals surface area contributed by atoms with E-state index >= 15 is 0 Å². The van der Waals surface area contributed by atoms with Crippen molar-refractivity contribution >= 4 is 22.9 Å². The van der Waals surface area contributed by atoms with Gasteiger partial charge in [0, 0.05) is 25.0 Å². The molecule has 5 N–H and O–H groups in total. The highest BCUT2D eigenvalue weighted by molar-refractivity contribution is 5.86. The highest BCUT2D eigenvalue weighted by Gasteiger charge is 2.45. The molecule has 37 heavy (non-hydrogen) atoms. The number of methoxy groups -OCH3 is 1. The molecule has 5 rings (SSSR count). The van der Waals surface area contributed by atoms with Gasteiger partial charge in [-0.1, -0.05) is 0 Å². The number of aromatic nitrogens is 6. The summed E-state index contributed by atoms with van der Waals surface area (Å²) in [5, 5.41) is 30.0. The molecule has 0 radical (unpaired) electrons. The first kappa shape index (κ1) is 24.5. The van der Waals surface area contributed by atoms with E-state index in [2.05, 4.69) is 30.9 Å². The molecule has 0 aromatic carbocycles. The summed E-state index contributed by atoms with van der Waals surface area (Å²) in [7, 11) is 3.01. The second-order valence-corrected chi connectivity index (χ2v) is 8.70. The summed E-state index contributed by atoms with van der Waals surface area (Å²) in [6.45, 7) is 2.38. The quantitative estimate of drug-likeness (QED) is 0.231. The minimum absolute atomic E-state index is 0.344. The summed E-state index contributed by atoms with van der Waals surface area (Å²) in [5.74, 6) is 0.888. The molecule has 4 aromatic rings. The Kier molecular flexibility index (Phi) is 6.65. The summed E-state index contributed by atoms with van der Waals surface area (Å²) in [6.07, 6.45) is 2.95. The molecule has 1 aliphatic rings. The third kappa shape index (κ3) is 4.67. The molecule has 0 saturated carbocycles. The molecule has 5 heterocycles. The van der Waals surface area contributed by atoms with Crippen molar-refractivity contribution in [3.63, 3.8) is 0 Å². The van der Waals surface area contributed by atoms with Crippen LogP contribution < -0.4 is 20.7 Å². The number of rotatable bonds is 7. The second-order valence-electron chi connectivity index (χ2n) is 8.70. The van der Waals surface area contributed by atoms with Crippen LogP contribution in [-0.2, 0) is 11.3 Å². The van der Waals surface area contributed by atoms with Gasteiger partial charge in [-0.3, -0.25) is 24.6 Å². The molecule has 1 amide bonds. The lowest BCUT2D eigenvalue weighted by atomic mass is 10.1. The molecule has 1 fully saturated rings. The van der Waals surface area contributed by atoms with Gasteiger partial charge in [-0.25, -0.2) is 15.0 Å². The van der Waals surface area contributed by atoms with Gasteiger partial charge in [0.15, 0.2) is 22.8 Å². The highest BCUT2D eigenvalue weighted by atomic mass is 16.5. The van der Waals surface area contributed by atoms with Gasteiger partial charge in [0.1, 0.15) is 30.2 Å². The topological polar surface area (TPSA) is 172 Å². The summed E-state index contributed by atoms with van der Waals surface area (Å²) >= 11 is 0. The zero-order valence-electron chi connectivity index (χ0n) is 20.5. The van der Waals surface area contributed by atoms with E-state index in [0.717, 1.165) is 11.3 Å². The van der Waals surface area contributed by atoms with Gasteiger partial charge in [-0.05, 0) is 30.7 Å². The van der Waals surface area contributed by atoms with Crippen LogP contribution in [0.5, 0.6) is 5.75 Å². The minimum Gasteiger partial charge on any atom is -0.495 e. The van der Waals surface area contributed by atoms with Gasteiger partial charge in [0.25, 0.3) is 0 Å². The fraction of sp³-hybridized carbons (Fsp3) is 0.333. The van der Waals surface area contributed by atoms with Crippen LogP contribution in [0.1, 0.15) is 17.4 Å². The molecule has 0 aliphatic carbocycles. The first-order valence-corrected chi connectivity index (χ1v) is 11.6. The van der Waals surface area contributed by atoms with Gasteiger partial charge in [-0.15, -0.1) is 0 Å². The van der Waals surface area contributed by atoms with Crippen LogP contribution in [0.4, 0.5) is 5.82 Å². The lowest BCUT2D eigenvalue weighted by Gasteiger charge is -2.18. The average molecular weight is 506 g/mol. The van der Waals surface area contributed by atoms with E-state index < -0.39 is 30.3 Å². The molecule has 4 aromatic heterocycles. The van der Waals surface area contributed by atoms with Crippen molar-refractivity contribution in [3.05, 3.63) is 54.4 Å². The van der Waals surface area contributed by atoms with E-state index in [0.29, 0.717) is 40.7 Å². The Balaban J connectivity index is 1.59. The lowest BCUT2D eigenvalue weighted by Crippen LogP contribution is -2.45. The number of aryl methyl sites for hydroxylation is 1. The molecular formula is C24H27N9O4. The number of aliphatic hydroxyl groups is 2. The smallest absolute Gasteiger partial charge is 0.239 e. The minimum atomic E-state index is -1.32. The van der Waals surface area contributed by atoms with Crippen molar-refractivity contribution in [2.45, 2.75) is 37.9 Å². The van der Waals surface area contributed by atoms with E-state index in [1.165, 1.54) is 13.4 Å². The van der Waals surface area contributed by atoms with Gasteiger partial charge in [-0.2, -0.15) is 0 Å². The number of hydrogen-bond donors (Lipinski definition) is 5. The Morgan fingerprint density at radius 3 is 2.78 bits per heavy atom. The number of nitrogens with zero attached hydrogens (tertiary/aromatic N) is 6. The third-order valence-electron chi connectivity index (χ3n) is 6.23. The molecule has 1 saturated heterocycles. The molecular weight excluding hydrogens is 478 g/mol. The Morgan fingerprint density at radius 1 is 1.19 bits per heavy atom. The number of aliphatic hydroxyl groups excluding tert-OH is 2. The summed E-state index contributed by atoms with van der Waals surface area (Å²) in [6, 6.07) is 4.64. The number of carbonyl (C=O) groups excluding carboxylic acids is 1. The maximum absolute atomic E-state index is 12.2. The van der Waals surface area contributed by atoms with Crippen molar-refractivity contribution in [3.8, 4) is 17.1 Å². The van der Waals surface area contributed by atoms with Gasteiger partial charge in [0.2, 0.25) is 5.91 Å². The largest absolute Gasteiger partial charge is 0.495 e. The van der Waals surface area contributed by atoms with Crippen LogP contribution >= 0.6 is 0 Å². The Bertz CT molecular complexity index is 1440. The SMILES string of the molecule is CNC(=O)[C@H]1NC(n2cnc3c(NCc4cc(C)ccn4)nc(-c4cncc(OC)c4)nc32)[C@H](O)[C@@H]1O. The van der Waals surface area contributed by atoms with Crippen LogP contribution in [0.15, 0.2) is 43.1 Å². The zero-order chi connectivity index (χ0) is 26.1. The second kappa shape index (κ2) is 10.0. The summed E-state index contributed by atoms with van der Waals surface area (Å²) in [4.78, 5) is 34.7. The number of carbonyl (C=O) groups is 1. The summed E-state index contributed by atoms with van der Waals surface area (Å²) in [5.41, 5.74) is 3.33. The maximum Gasteiger partial charge on any atom is 0.239 e. The predicted molar refractivity (Wildman–Crippen MR) is 133 cm³/mol. The maximum atomic E-state index is 12.2. The van der Waals surface area contributed by atoms with Crippen LogP contribution in [0.25, 0.3) is 22.6 Å². The first-order chi connectivity index (χ1) is 17.9. The Hall–Kier alpha value is -4.20. The fourth-order valence-corrected chi connectivity index (χ4v) is 4.29. The average Bonchev–Trinajstić information content (AvgIpc) is 3.47. The van der Waals surface area contributed by atoms with Crippen molar-refractivity contribution < 1.29 is 19.7 Å². The van der Waals surface area contributed by atoms with Crippen molar-refractivity contribution in [1.29, 1.82) is 0 Å². The van der Waals surface area contributed by atoms with Gasteiger partial charge in [0.05, 0.1) is 31.9 Å². The number of likely N-dealkylation sites (N-methyl/N-ethyl adjacent to an activating group) is 1. The molecule has 1 aliphatic heterocycles. The molecule has 1 unspecified atom stereocenters. The third-order valence-corrected chi connectivity index (χ3v) is 6.23. The van der Waals surface area contributed by atoms with E-state index in [1.807, 2.05) is 19.1 Å². The number of hydrogen-bond acceptors (Lipinski definition) is 11. The number of ether oxygens (including phenoxy) is 1. The van der Waals surface area contributed by atoms with Crippen molar-refractivity contribution in [2.75, 3.05) is 19.5 Å². The fourth-order valence-electron chi connectivity index (χ4n) is 4.29. The lowest BCUT2D eigenvalue weighted by molar-refractivity contribution is -0.125. The van der Waals surface area contributed by atoms with E-state index in [4.69, 9.17) is 14.7 Å². The summed E-state index contributed by atoms with van der Waals surface area (Å²) < 4.78 is 6.89. The van der Waals surface area contributed by atoms with Gasteiger partial charge >= 0.3 is 0 Å². The monoisotopic (exact) mass is 505 g/mol. The standard InChI is InChI=1S/C24H27N9O4/c1-12-4-5-27-14(6-12)9-28-21-17-22(32-20(31-21)13-7-15(37-3)10-26-8-13)33(11-29-17)23-19(35)18(34)16(30-23)24(36)25-2/h4-8,10-11,16,18-19,23,30,34-35H,9H2,1-3H3,(H,25,36)(H,28,31,32)/t16-,18+,19+,23?/m0/s1. The predicted octanol–water partition coefficient (Wildman–Crippen LogP) is 0.151. The van der Waals surface area contributed by atoms with E-state index in [9.17, 15) is 15.0 Å². The first-order valence-electron chi connectivity index (χ1n) is 11.6. The number of anilines is 1. The molecule has 192 valence electrons. The van der Waals surface area contributed by atoms with E-state index in [1.54, 1.807) is 36.3 Å². The number of fused-ring (bicyclic) bond motifs is 1.